The molecule has 224 valence electrons. The third-order valence-electron chi connectivity index (χ3n) is 8.02. The maximum atomic E-state index is 14.2. The Labute approximate surface area is 254 Å². The Morgan fingerprint density at radius 2 is 1.57 bits per heavy atom. The average Bonchev–Trinajstić information content (AvgIpc) is 3.47. The predicted octanol–water partition coefficient (Wildman–Crippen LogP) is 6.33. The first-order valence-corrected chi connectivity index (χ1v) is 16.3. The number of nitrogens with zero attached hydrogens (tertiary/aromatic N) is 2. The van der Waals surface area contributed by atoms with Crippen LogP contribution in [-0.2, 0) is 26.2 Å². The van der Waals surface area contributed by atoms with Crippen molar-refractivity contribution in [2.75, 3.05) is 10.8 Å². The van der Waals surface area contributed by atoms with E-state index >= 15 is 0 Å². The number of anilines is 1. The highest BCUT2D eigenvalue weighted by Crippen LogP contribution is 2.28. The molecule has 7 nitrogen and oxygen atoms in total. The van der Waals surface area contributed by atoms with Crippen molar-refractivity contribution in [2.24, 2.45) is 0 Å². The Morgan fingerprint density at radius 1 is 0.929 bits per heavy atom. The van der Waals surface area contributed by atoms with Crippen molar-refractivity contribution in [3.63, 3.8) is 0 Å². The molecule has 42 heavy (non-hydrogen) atoms. The summed E-state index contributed by atoms with van der Waals surface area (Å²) in [6, 6.07) is 18.3. The van der Waals surface area contributed by atoms with Gasteiger partial charge >= 0.3 is 0 Å². The monoisotopic (exact) mass is 609 g/mol. The van der Waals surface area contributed by atoms with Gasteiger partial charge in [-0.1, -0.05) is 67.3 Å². The molecule has 0 saturated heterocycles. The van der Waals surface area contributed by atoms with Crippen LogP contribution in [0.1, 0.15) is 61.3 Å². The first kappa shape index (κ1) is 31.6. The number of carbonyl (C=O) groups is 2. The van der Waals surface area contributed by atoms with E-state index in [4.69, 9.17) is 11.6 Å². The van der Waals surface area contributed by atoms with Crippen molar-refractivity contribution in [2.45, 2.75) is 83.3 Å². The maximum absolute atomic E-state index is 14.2. The number of benzene rings is 3. The highest BCUT2D eigenvalue weighted by molar-refractivity contribution is 7.92. The van der Waals surface area contributed by atoms with E-state index in [-0.39, 0.29) is 23.4 Å². The third kappa shape index (κ3) is 7.53. The third-order valence-corrected chi connectivity index (χ3v) is 10.1. The van der Waals surface area contributed by atoms with Crippen molar-refractivity contribution >= 4 is 39.1 Å². The van der Waals surface area contributed by atoms with Gasteiger partial charge < -0.3 is 10.2 Å². The second-order valence-electron chi connectivity index (χ2n) is 11.2. The smallest absolute Gasteiger partial charge is 0.264 e. The summed E-state index contributed by atoms with van der Waals surface area (Å²) in [7, 11) is -4.15. The molecule has 1 N–H and O–H groups in total. The molecule has 4 rings (SSSR count). The van der Waals surface area contributed by atoms with Crippen LogP contribution in [0.2, 0.25) is 5.02 Å². The SMILES string of the molecule is CC[C@H](C(=O)NC1CCCC1)N(Cc1ccc(C)cc1)C(=O)CN(c1ccc(C)c(C)c1)S(=O)(=O)c1ccc(Cl)cc1. The summed E-state index contributed by atoms with van der Waals surface area (Å²) in [6.45, 7) is 7.42. The van der Waals surface area contributed by atoms with E-state index in [1.807, 2.05) is 58.0 Å². The first-order valence-electron chi connectivity index (χ1n) is 14.5. The first-order chi connectivity index (χ1) is 20.0. The zero-order valence-electron chi connectivity index (χ0n) is 24.8. The molecule has 1 aliphatic rings. The number of sulfonamides is 1. The molecule has 0 aliphatic heterocycles. The topological polar surface area (TPSA) is 86.8 Å². The van der Waals surface area contributed by atoms with Crippen LogP contribution in [0.15, 0.2) is 71.6 Å². The number of hydrogen-bond acceptors (Lipinski definition) is 4. The zero-order valence-corrected chi connectivity index (χ0v) is 26.3. The van der Waals surface area contributed by atoms with Crippen molar-refractivity contribution in [3.05, 3.63) is 94.0 Å². The van der Waals surface area contributed by atoms with Gasteiger partial charge in [0.15, 0.2) is 0 Å². The van der Waals surface area contributed by atoms with E-state index in [2.05, 4.69) is 5.32 Å². The average molecular weight is 610 g/mol. The van der Waals surface area contributed by atoms with E-state index in [0.29, 0.717) is 17.1 Å². The Morgan fingerprint density at radius 3 is 2.17 bits per heavy atom. The number of rotatable bonds is 11. The molecule has 1 atom stereocenters. The van der Waals surface area contributed by atoms with Crippen molar-refractivity contribution in [3.8, 4) is 0 Å². The summed E-state index contributed by atoms with van der Waals surface area (Å²) in [5, 5.41) is 3.55. The second kappa shape index (κ2) is 13.7. The van der Waals surface area contributed by atoms with Crippen LogP contribution in [0.3, 0.4) is 0 Å². The summed E-state index contributed by atoms with van der Waals surface area (Å²) in [5.41, 5.74) is 4.22. The molecule has 3 aromatic carbocycles. The fraction of sp³-hybridized carbons (Fsp3) is 0.394. The zero-order chi connectivity index (χ0) is 30.4. The number of amides is 2. The highest BCUT2D eigenvalue weighted by atomic mass is 35.5. The summed E-state index contributed by atoms with van der Waals surface area (Å²) in [6.07, 6.45) is 4.38. The van der Waals surface area contributed by atoms with Crippen LogP contribution in [-0.4, -0.2) is 43.8 Å². The summed E-state index contributed by atoms with van der Waals surface area (Å²) < 4.78 is 29.2. The molecule has 0 heterocycles. The van der Waals surface area contributed by atoms with Gasteiger partial charge in [0.2, 0.25) is 11.8 Å². The van der Waals surface area contributed by atoms with Gasteiger partial charge in [0.05, 0.1) is 10.6 Å². The van der Waals surface area contributed by atoms with Gasteiger partial charge in [0.1, 0.15) is 12.6 Å². The lowest BCUT2D eigenvalue weighted by molar-refractivity contribution is -0.140. The largest absolute Gasteiger partial charge is 0.352 e. The van der Waals surface area contributed by atoms with E-state index in [9.17, 15) is 18.0 Å². The molecule has 1 fully saturated rings. The summed E-state index contributed by atoms with van der Waals surface area (Å²) in [4.78, 5) is 29.4. The number of aryl methyl sites for hydroxylation is 3. The lowest BCUT2D eigenvalue weighted by Crippen LogP contribution is -2.53. The van der Waals surface area contributed by atoms with Gasteiger partial charge in [-0.05, 0) is 93.1 Å². The van der Waals surface area contributed by atoms with Crippen LogP contribution in [0, 0.1) is 20.8 Å². The van der Waals surface area contributed by atoms with Crippen molar-refractivity contribution < 1.29 is 18.0 Å². The van der Waals surface area contributed by atoms with Crippen molar-refractivity contribution in [1.29, 1.82) is 0 Å². The Balaban J connectivity index is 1.73. The molecule has 0 unspecified atom stereocenters. The van der Waals surface area contributed by atoms with E-state index in [1.165, 1.54) is 29.2 Å². The van der Waals surface area contributed by atoms with Gasteiger partial charge in [0.25, 0.3) is 10.0 Å². The number of hydrogen-bond donors (Lipinski definition) is 1. The van der Waals surface area contributed by atoms with Gasteiger partial charge in [-0.15, -0.1) is 0 Å². The van der Waals surface area contributed by atoms with Gasteiger partial charge in [-0.2, -0.15) is 0 Å². The summed E-state index contributed by atoms with van der Waals surface area (Å²) in [5.74, 6) is -0.664. The molecule has 0 aromatic heterocycles. The van der Waals surface area contributed by atoms with Gasteiger partial charge in [-0.25, -0.2) is 8.42 Å². The molecule has 0 bridgehead atoms. The van der Waals surface area contributed by atoms with Crippen LogP contribution >= 0.6 is 11.6 Å². The Hall–Kier alpha value is -3.36. The van der Waals surface area contributed by atoms with Gasteiger partial charge in [-0.3, -0.25) is 13.9 Å². The lowest BCUT2D eigenvalue weighted by Gasteiger charge is -2.34. The fourth-order valence-electron chi connectivity index (χ4n) is 5.32. The van der Waals surface area contributed by atoms with Crippen LogP contribution < -0.4 is 9.62 Å². The minimum Gasteiger partial charge on any atom is -0.352 e. The maximum Gasteiger partial charge on any atom is 0.264 e. The minimum atomic E-state index is -4.15. The Kier molecular flexibility index (Phi) is 10.3. The van der Waals surface area contributed by atoms with Crippen LogP contribution in [0.4, 0.5) is 5.69 Å². The van der Waals surface area contributed by atoms with Gasteiger partial charge in [0, 0.05) is 17.6 Å². The molecule has 2 amide bonds. The molecule has 9 heteroatoms. The molecular formula is C33H40ClN3O4S. The quantitative estimate of drug-likeness (QED) is 0.275. The van der Waals surface area contributed by atoms with Crippen LogP contribution in [0.5, 0.6) is 0 Å². The molecular weight excluding hydrogens is 570 g/mol. The molecule has 1 aliphatic carbocycles. The predicted molar refractivity (Wildman–Crippen MR) is 168 cm³/mol. The van der Waals surface area contributed by atoms with Crippen LogP contribution in [0.25, 0.3) is 0 Å². The number of halogens is 1. The normalized spacial score (nSPS) is 14.4. The second-order valence-corrected chi connectivity index (χ2v) is 13.5. The van der Waals surface area contributed by atoms with E-state index in [1.54, 1.807) is 12.1 Å². The van der Waals surface area contributed by atoms with E-state index < -0.39 is 28.5 Å². The van der Waals surface area contributed by atoms with E-state index in [0.717, 1.165) is 52.2 Å². The highest BCUT2D eigenvalue weighted by Gasteiger charge is 2.34. The summed E-state index contributed by atoms with van der Waals surface area (Å²) >= 11 is 6.04. The lowest BCUT2D eigenvalue weighted by atomic mass is 10.1. The molecule has 0 spiro atoms. The van der Waals surface area contributed by atoms with Crippen molar-refractivity contribution in [1.82, 2.24) is 10.2 Å². The molecule has 3 aromatic rings. The fourth-order valence-corrected chi connectivity index (χ4v) is 6.85. The molecule has 1 saturated carbocycles. The number of carbonyl (C=O) groups excluding carboxylic acids is 2. The minimum absolute atomic E-state index is 0.0223. The Bertz CT molecular complexity index is 1500. The molecule has 0 radical (unpaired) electrons. The standard InChI is InChI=1S/C33H40ClN3O4S/c1-5-31(33(39)35-28-8-6-7-9-28)36(21-26-13-10-23(2)11-14-26)32(38)22-37(29-17-12-24(3)25(4)20-29)42(40,41)30-18-15-27(34)16-19-30/h10-20,28,31H,5-9,21-22H2,1-4H3,(H,35,39)/t31-/m1/s1. The number of nitrogens with one attached hydrogen (secondary N) is 1.